The number of ketones is 1. The van der Waals surface area contributed by atoms with E-state index in [9.17, 15) is 28.6 Å². The summed E-state index contributed by atoms with van der Waals surface area (Å²) in [6.45, 7) is 6.61. The molecule has 262 valence electrons. The first-order valence-corrected chi connectivity index (χ1v) is 17.3. The molecule has 4 atom stereocenters. The van der Waals surface area contributed by atoms with Crippen molar-refractivity contribution in [2.24, 2.45) is 5.41 Å². The molecule has 1 fully saturated rings. The Hall–Kier alpha value is -4.08. The van der Waals surface area contributed by atoms with Gasteiger partial charge in [-0.2, -0.15) is 0 Å². The largest absolute Gasteiger partial charge is 0.497 e. The third-order valence-corrected chi connectivity index (χ3v) is 10.7. The number of hydrogen-bond donors (Lipinski definition) is 3. The summed E-state index contributed by atoms with van der Waals surface area (Å²) >= 11 is 0. The van der Waals surface area contributed by atoms with Gasteiger partial charge in [-0.1, -0.05) is 37.6 Å². The van der Waals surface area contributed by atoms with Gasteiger partial charge in [-0.3, -0.25) is 4.79 Å². The molecule has 3 aliphatic rings. The van der Waals surface area contributed by atoms with Gasteiger partial charge in [0.2, 0.25) is 0 Å². The van der Waals surface area contributed by atoms with Gasteiger partial charge in [0, 0.05) is 28.8 Å². The number of rotatable bonds is 8. The summed E-state index contributed by atoms with van der Waals surface area (Å²) in [7, 11) is 1.58. The zero-order valence-corrected chi connectivity index (χ0v) is 28.9. The third kappa shape index (κ3) is 7.89. The molecule has 3 aromatic carbocycles. The van der Waals surface area contributed by atoms with E-state index in [1.165, 1.54) is 6.07 Å². The zero-order chi connectivity index (χ0) is 35.3. The molecule has 0 spiro atoms. The fraction of sp³-hybridized carbons (Fsp3) is 0.450. The van der Waals surface area contributed by atoms with Crippen LogP contribution in [0.5, 0.6) is 5.75 Å². The highest BCUT2D eigenvalue weighted by molar-refractivity contribution is 6.10. The summed E-state index contributed by atoms with van der Waals surface area (Å²) in [4.78, 5) is 29.5. The average molecular weight is 675 g/mol. The summed E-state index contributed by atoms with van der Waals surface area (Å²) in [5.41, 5.74) is 1.55. The number of allylic oxidation sites excluding steroid dienone is 2. The van der Waals surface area contributed by atoms with E-state index >= 15 is 0 Å². The fourth-order valence-corrected chi connectivity index (χ4v) is 7.70. The van der Waals surface area contributed by atoms with Crippen molar-refractivity contribution in [3.8, 4) is 5.75 Å². The molecule has 3 N–H and O–H groups in total. The summed E-state index contributed by atoms with van der Waals surface area (Å²) in [6.07, 6.45) is 6.02. The monoisotopic (exact) mass is 674 g/mol. The van der Waals surface area contributed by atoms with Crippen molar-refractivity contribution in [3.05, 3.63) is 106 Å². The first-order valence-electron chi connectivity index (χ1n) is 17.3. The highest BCUT2D eigenvalue weighted by atomic mass is 19.2. The number of carbonyl (C=O) groups is 2. The van der Waals surface area contributed by atoms with Crippen LogP contribution >= 0.6 is 0 Å². The van der Waals surface area contributed by atoms with E-state index < -0.39 is 34.5 Å². The number of nitrogens with zero attached hydrogens (tertiary/aromatic N) is 1. The van der Waals surface area contributed by atoms with Crippen LogP contribution in [0.1, 0.15) is 98.7 Å². The van der Waals surface area contributed by atoms with Gasteiger partial charge < -0.3 is 25.2 Å². The minimum absolute atomic E-state index is 0.0248. The van der Waals surface area contributed by atoms with Crippen LogP contribution in [0.15, 0.2) is 72.3 Å². The highest BCUT2D eigenvalue weighted by Gasteiger charge is 2.57. The SMILES string of the molecule is CCCN(CC1(O)CCC2c3ccc(cc3C(=O)c3ccc(F)c(F)c3)CC(O)CCC(C)=CCCC21C)C(=O)Nc1ccc(OC)cc1. The normalized spacial score (nSPS) is 24.0. The van der Waals surface area contributed by atoms with Crippen LogP contribution < -0.4 is 10.1 Å². The third-order valence-electron chi connectivity index (χ3n) is 10.7. The van der Waals surface area contributed by atoms with Crippen LogP contribution in [0.2, 0.25) is 0 Å². The van der Waals surface area contributed by atoms with Crippen molar-refractivity contribution in [1.29, 1.82) is 0 Å². The molecule has 6 rings (SSSR count). The van der Waals surface area contributed by atoms with Gasteiger partial charge in [0.15, 0.2) is 17.4 Å². The van der Waals surface area contributed by atoms with Crippen molar-refractivity contribution >= 4 is 17.5 Å². The Morgan fingerprint density at radius 1 is 1.02 bits per heavy atom. The molecule has 0 saturated heterocycles. The van der Waals surface area contributed by atoms with Crippen LogP contribution in [0.4, 0.5) is 19.3 Å². The Labute approximate surface area is 288 Å². The Bertz CT molecular complexity index is 1690. The lowest BCUT2D eigenvalue weighted by molar-refractivity contribution is -0.0763. The van der Waals surface area contributed by atoms with Gasteiger partial charge in [0.05, 0.1) is 25.4 Å². The number of anilines is 1. The number of benzene rings is 3. The highest BCUT2D eigenvalue weighted by Crippen LogP contribution is 2.59. The maximum Gasteiger partial charge on any atom is 0.321 e. The lowest BCUT2D eigenvalue weighted by Gasteiger charge is -2.46. The molecule has 3 aromatic rings. The zero-order valence-electron chi connectivity index (χ0n) is 28.9. The molecule has 1 saturated carbocycles. The van der Waals surface area contributed by atoms with Gasteiger partial charge in [-0.25, -0.2) is 13.6 Å². The van der Waals surface area contributed by atoms with Crippen LogP contribution in [0.25, 0.3) is 0 Å². The van der Waals surface area contributed by atoms with E-state index in [2.05, 4.69) is 25.2 Å². The van der Waals surface area contributed by atoms with Crippen molar-refractivity contribution in [2.75, 3.05) is 25.5 Å². The van der Waals surface area contributed by atoms with Gasteiger partial charge >= 0.3 is 6.03 Å². The molecule has 0 aromatic heterocycles. The van der Waals surface area contributed by atoms with Crippen LogP contribution in [0, 0.1) is 17.0 Å². The van der Waals surface area contributed by atoms with E-state index in [-0.39, 0.29) is 24.1 Å². The van der Waals surface area contributed by atoms with Crippen LogP contribution in [-0.4, -0.2) is 58.8 Å². The second-order valence-electron chi connectivity index (χ2n) is 14.0. The van der Waals surface area contributed by atoms with Gasteiger partial charge in [-0.15, -0.1) is 0 Å². The Kier molecular flexibility index (Phi) is 11.2. The second-order valence-corrected chi connectivity index (χ2v) is 14.0. The molecule has 9 heteroatoms. The number of urea groups is 1. The predicted molar refractivity (Wildman–Crippen MR) is 187 cm³/mol. The molecule has 7 nitrogen and oxygen atoms in total. The van der Waals surface area contributed by atoms with E-state index in [4.69, 9.17) is 4.74 Å². The average Bonchev–Trinajstić information content (AvgIpc) is 3.33. The topological polar surface area (TPSA) is 99.1 Å². The summed E-state index contributed by atoms with van der Waals surface area (Å²) in [5, 5.41) is 26.5. The molecule has 0 aliphatic heterocycles. The lowest BCUT2D eigenvalue weighted by atomic mass is 9.64. The molecular formula is C40H48F2N2O5. The van der Waals surface area contributed by atoms with E-state index in [0.29, 0.717) is 80.5 Å². The van der Waals surface area contributed by atoms with Crippen LogP contribution in [0.3, 0.4) is 0 Å². The van der Waals surface area contributed by atoms with Crippen LogP contribution in [-0.2, 0) is 6.42 Å². The van der Waals surface area contributed by atoms with Crippen molar-refractivity contribution < 1.29 is 33.3 Å². The first-order chi connectivity index (χ1) is 23.4. The van der Waals surface area contributed by atoms with Gasteiger partial charge in [0.1, 0.15) is 5.75 Å². The van der Waals surface area contributed by atoms with Crippen molar-refractivity contribution in [1.82, 2.24) is 4.90 Å². The summed E-state index contributed by atoms with van der Waals surface area (Å²) < 4.78 is 33.4. The number of carbonyl (C=O) groups excluding carboxylic acids is 2. The number of methoxy groups -OCH3 is 1. The smallest absolute Gasteiger partial charge is 0.321 e. The number of aliphatic hydroxyl groups excluding tert-OH is 1. The van der Waals surface area contributed by atoms with Crippen molar-refractivity contribution in [2.45, 2.75) is 89.8 Å². The first kappa shape index (κ1) is 36.2. The molecule has 0 heterocycles. The number of nitrogens with one attached hydrogen (secondary N) is 1. The second kappa shape index (κ2) is 15.2. The van der Waals surface area contributed by atoms with Gasteiger partial charge in [0.25, 0.3) is 0 Å². The van der Waals surface area contributed by atoms with E-state index in [1.807, 2.05) is 19.1 Å². The summed E-state index contributed by atoms with van der Waals surface area (Å²) in [6, 6.07) is 15.5. The van der Waals surface area contributed by atoms with Gasteiger partial charge in [-0.05, 0) is 124 Å². The lowest BCUT2D eigenvalue weighted by Crippen LogP contribution is -2.54. The Balaban J connectivity index is 1.55. The minimum atomic E-state index is -1.31. The number of fused-ring (bicyclic) bond motifs is 8. The number of amides is 2. The quantitative estimate of drug-likeness (QED) is 0.165. The molecule has 2 amide bonds. The molecule has 49 heavy (non-hydrogen) atoms. The standard InChI is InChI=1S/C40H48F2N2O5/c1-5-21-44(38(47)43-29-11-14-31(49-4)15-12-29)25-40(48)20-18-34-32-16-9-27(22-30(45)13-8-26(2)7-6-19-39(34,40)3)23-33(32)37(46)28-10-17-35(41)36(42)24-28/h7,9-12,14-17,23-24,30,34,45,48H,5-6,8,13,18-22,25H2,1-4H3,(H,43,47). The Morgan fingerprint density at radius 2 is 1.78 bits per heavy atom. The maximum absolute atomic E-state index is 14.3. The number of aliphatic hydroxyl groups is 2. The number of ether oxygens (including phenoxy) is 1. The van der Waals surface area contributed by atoms with E-state index in [0.717, 1.165) is 23.3 Å². The summed E-state index contributed by atoms with van der Waals surface area (Å²) in [5.74, 6) is -2.20. The number of halogens is 2. The van der Waals surface area contributed by atoms with E-state index in [1.54, 1.807) is 42.3 Å². The minimum Gasteiger partial charge on any atom is -0.497 e. The molecule has 2 bridgehead atoms. The predicted octanol–water partition coefficient (Wildman–Crippen LogP) is 8.19. The molecule has 0 radical (unpaired) electrons. The number of hydrogen-bond acceptors (Lipinski definition) is 5. The molecule has 3 aliphatic carbocycles. The molecular weight excluding hydrogens is 626 g/mol. The fourth-order valence-electron chi connectivity index (χ4n) is 7.70. The van der Waals surface area contributed by atoms with Crippen molar-refractivity contribution in [3.63, 3.8) is 0 Å². The maximum atomic E-state index is 14.3. The molecule has 4 unspecified atom stereocenters. The Morgan fingerprint density at radius 3 is 2.47 bits per heavy atom.